The molecule has 0 radical (unpaired) electrons. The van der Waals surface area contributed by atoms with Gasteiger partial charge in [0.1, 0.15) is 6.17 Å². The maximum atomic E-state index is 12.7. The van der Waals surface area contributed by atoms with E-state index in [-0.39, 0.29) is 17.9 Å². The molecule has 26 heavy (non-hydrogen) atoms. The Bertz CT molecular complexity index is 879. The standard InChI is InChI=1S/C19H19ClN4OS/c1-12-10-17(24(20)19(21)22-12)23-15-5-3-4-14(11-15)18(25)13-6-8-16(26-2)9-7-13/h3-11,17,23H,1-2H3,(H2,21,22). The molecule has 1 atom stereocenters. The van der Waals surface area contributed by atoms with Crippen LogP contribution in [-0.2, 0) is 0 Å². The van der Waals surface area contributed by atoms with Crippen LogP contribution >= 0.6 is 23.5 Å². The van der Waals surface area contributed by atoms with Crippen LogP contribution in [-0.4, -0.2) is 28.6 Å². The number of carbonyl (C=O) groups is 1. The van der Waals surface area contributed by atoms with Gasteiger partial charge in [0, 0.05) is 39.2 Å². The largest absolute Gasteiger partial charge is 0.368 e. The van der Waals surface area contributed by atoms with Crippen molar-refractivity contribution in [3.8, 4) is 0 Å². The van der Waals surface area contributed by atoms with Crippen LogP contribution < -0.4 is 11.1 Å². The van der Waals surface area contributed by atoms with Crippen molar-refractivity contribution in [3.05, 3.63) is 71.4 Å². The van der Waals surface area contributed by atoms with Gasteiger partial charge in [-0.1, -0.05) is 12.1 Å². The minimum atomic E-state index is -0.347. The van der Waals surface area contributed by atoms with Crippen LogP contribution in [0.1, 0.15) is 22.8 Å². The van der Waals surface area contributed by atoms with Crippen molar-refractivity contribution in [2.45, 2.75) is 18.0 Å². The van der Waals surface area contributed by atoms with Gasteiger partial charge < -0.3 is 11.1 Å². The Morgan fingerprint density at radius 1 is 1.23 bits per heavy atom. The van der Waals surface area contributed by atoms with E-state index < -0.39 is 0 Å². The summed E-state index contributed by atoms with van der Waals surface area (Å²) in [5, 5.41) is 3.26. The number of benzene rings is 2. The van der Waals surface area contributed by atoms with Gasteiger partial charge in [-0.25, -0.2) is 9.41 Å². The van der Waals surface area contributed by atoms with Crippen molar-refractivity contribution in [2.24, 2.45) is 10.7 Å². The first-order valence-corrected chi connectivity index (χ1v) is 9.57. The number of aliphatic imine (C=N–C) groups is 1. The van der Waals surface area contributed by atoms with Crippen molar-refractivity contribution in [1.82, 2.24) is 4.42 Å². The van der Waals surface area contributed by atoms with Gasteiger partial charge in [-0.2, -0.15) is 0 Å². The Labute approximate surface area is 162 Å². The van der Waals surface area contributed by atoms with Crippen LogP contribution in [0.25, 0.3) is 0 Å². The number of hydrogen-bond acceptors (Lipinski definition) is 6. The molecular weight excluding hydrogens is 368 g/mol. The molecule has 0 spiro atoms. The van der Waals surface area contributed by atoms with E-state index in [0.29, 0.717) is 11.1 Å². The fourth-order valence-electron chi connectivity index (χ4n) is 2.63. The van der Waals surface area contributed by atoms with Gasteiger partial charge in [0.25, 0.3) is 0 Å². The van der Waals surface area contributed by atoms with Crippen LogP contribution in [0.4, 0.5) is 5.69 Å². The smallest absolute Gasteiger partial charge is 0.213 e. The van der Waals surface area contributed by atoms with Crippen molar-refractivity contribution in [2.75, 3.05) is 11.6 Å². The molecule has 0 aliphatic carbocycles. The van der Waals surface area contributed by atoms with Gasteiger partial charge in [-0.3, -0.25) is 4.79 Å². The van der Waals surface area contributed by atoms with Gasteiger partial charge in [-0.15, -0.1) is 11.8 Å². The van der Waals surface area contributed by atoms with Crippen LogP contribution in [0, 0.1) is 0 Å². The van der Waals surface area contributed by atoms with Crippen LogP contribution in [0.15, 0.2) is 70.2 Å². The number of thioether (sulfide) groups is 1. The van der Waals surface area contributed by atoms with Crippen molar-refractivity contribution in [1.29, 1.82) is 0 Å². The first-order valence-electron chi connectivity index (χ1n) is 8.01. The topological polar surface area (TPSA) is 70.7 Å². The summed E-state index contributed by atoms with van der Waals surface area (Å²) in [6.07, 6.45) is 3.52. The van der Waals surface area contributed by atoms with E-state index in [0.717, 1.165) is 16.3 Å². The third-order valence-corrected chi connectivity index (χ3v) is 5.07. The highest BCUT2D eigenvalue weighted by Crippen LogP contribution is 2.21. The fraction of sp³-hybridized carbons (Fsp3) is 0.158. The lowest BCUT2D eigenvalue weighted by molar-refractivity contribution is 0.103. The minimum absolute atomic E-state index is 0.0273. The molecule has 3 rings (SSSR count). The lowest BCUT2D eigenvalue weighted by atomic mass is 10.0. The highest BCUT2D eigenvalue weighted by molar-refractivity contribution is 7.98. The number of allylic oxidation sites excluding steroid dienone is 1. The predicted molar refractivity (Wildman–Crippen MR) is 109 cm³/mol. The van der Waals surface area contributed by atoms with E-state index in [1.807, 2.05) is 55.7 Å². The maximum absolute atomic E-state index is 12.7. The quantitative estimate of drug-likeness (QED) is 0.460. The van der Waals surface area contributed by atoms with Gasteiger partial charge >= 0.3 is 0 Å². The van der Waals surface area contributed by atoms with Gasteiger partial charge in [0.05, 0.1) is 0 Å². The second-order valence-electron chi connectivity index (χ2n) is 5.82. The molecule has 2 aromatic rings. The molecule has 134 valence electrons. The summed E-state index contributed by atoms with van der Waals surface area (Å²) in [7, 11) is 0. The molecule has 1 unspecified atom stereocenters. The average molecular weight is 387 g/mol. The van der Waals surface area contributed by atoms with Crippen molar-refractivity contribution in [3.63, 3.8) is 0 Å². The van der Waals surface area contributed by atoms with Crippen LogP contribution in [0.5, 0.6) is 0 Å². The number of guanidine groups is 1. The highest BCUT2D eigenvalue weighted by Gasteiger charge is 2.21. The number of nitrogens with zero attached hydrogens (tertiary/aromatic N) is 2. The molecule has 0 amide bonds. The van der Waals surface area contributed by atoms with E-state index in [4.69, 9.17) is 17.5 Å². The fourth-order valence-corrected chi connectivity index (χ4v) is 3.18. The number of nitrogens with one attached hydrogen (secondary N) is 1. The van der Waals surface area contributed by atoms with Crippen LogP contribution in [0.2, 0.25) is 0 Å². The highest BCUT2D eigenvalue weighted by atomic mass is 35.5. The first kappa shape index (κ1) is 18.4. The number of rotatable bonds is 5. The van der Waals surface area contributed by atoms with Gasteiger partial charge in [0.15, 0.2) is 5.78 Å². The van der Waals surface area contributed by atoms with Gasteiger partial charge in [-0.05, 0) is 55.7 Å². The molecular formula is C19H19ClN4OS. The number of carbonyl (C=O) groups excluding carboxylic acids is 1. The van der Waals surface area contributed by atoms with E-state index in [9.17, 15) is 4.79 Å². The molecule has 3 N–H and O–H groups in total. The number of anilines is 1. The summed E-state index contributed by atoms with van der Waals surface area (Å²) in [6.45, 7) is 1.85. The zero-order chi connectivity index (χ0) is 18.7. The van der Waals surface area contributed by atoms with Crippen molar-refractivity contribution >= 4 is 41.0 Å². The third-order valence-electron chi connectivity index (χ3n) is 3.94. The molecule has 0 saturated carbocycles. The summed E-state index contributed by atoms with van der Waals surface area (Å²) in [6, 6.07) is 14.9. The molecule has 1 aliphatic rings. The van der Waals surface area contributed by atoms with Crippen LogP contribution in [0.3, 0.4) is 0 Å². The average Bonchev–Trinajstić information content (AvgIpc) is 2.65. The lowest BCUT2D eigenvalue weighted by Gasteiger charge is -2.28. The Morgan fingerprint density at radius 3 is 2.65 bits per heavy atom. The maximum Gasteiger partial charge on any atom is 0.213 e. The third kappa shape index (κ3) is 4.03. The van der Waals surface area contributed by atoms with Gasteiger partial charge in [0.2, 0.25) is 5.96 Å². The van der Waals surface area contributed by atoms with Crippen molar-refractivity contribution < 1.29 is 4.79 Å². The molecule has 2 aromatic carbocycles. The molecule has 0 bridgehead atoms. The molecule has 1 heterocycles. The van der Waals surface area contributed by atoms with E-state index >= 15 is 0 Å². The van der Waals surface area contributed by atoms with E-state index in [2.05, 4.69) is 10.3 Å². The number of ketones is 1. The molecule has 0 saturated heterocycles. The number of halogens is 1. The molecule has 0 fully saturated rings. The van der Waals surface area contributed by atoms with E-state index in [1.54, 1.807) is 23.9 Å². The Balaban J connectivity index is 1.79. The minimum Gasteiger partial charge on any atom is -0.368 e. The summed E-state index contributed by atoms with van der Waals surface area (Å²) >= 11 is 7.82. The SMILES string of the molecule is CSc1ccc(C(=O)c2cccc(NC3C=C(C)N=C(N)N3Cl)c2)cc1. The lowest BCUT2D eigenvalue weighted by Crippen LogP contribution is -2.43. The summed E-state index contributed by atoms with van der Waals surface area (Å²) in [5.41, 5.74) is 8.60. The molecule has 5 nitrogen and oxygen atoms in total. The monoisotopic (exact) mass is 386 g/mol. The first-order chi connectivity index (χ1) is 12.5. The Hall–Kier alpha value is -2.44. The summed E-state index contributed by atoms with van der Waals surface area (Å²) in [4.78, 5) is 18.0. The summed E-state index contributed by atoms with van der Waals surface area (Å²) < 4.78 is 1.32. The second kappa shape index (κ2) is 7.85. The molecule has 0 aromatic heterocycles. The normalized spacial score (nSPS) is 16.7. The van der Waals surface area contributed by atoms with E-state index in [1.165, 1.54) is 4.42 Å². The predicted octanol–water partition coefficient (Wildman–Crippen LogP) is 4.07. The zero-order valence-corrected chi connectivity index (χ0v) is 16.0. The Kier molecular flexibility index (Phi) is 5.54. The second-order valence-corrected chi connectivity index (χ2v) is 7.06. The number of nitrogens with two attached hydrogens (primary N) is 1. The molecule has 7 heteroatoms. The number of hydrogen-bond donors (Lipinski definition) is 2. The summed E-state index contributed by atoms with van der Waals surface area (Å²) in [5.74, 6) is 0.200. The zero-order valence-electron chi connectivity index (χ0n) is 14.4. The molecule has 1 aliphatic heterocycles. The Morgan fingerprint density at radius 2 is 1.96 bits per heavy atom.